The molecule has 0 unspecified atom stereocenters. The van der Waals surface area contributed by atoms with Crippen LogP contribution in [0.3, 0.4) is 0 Å². The maximum absolute atomic E-state index is 2.50. The average molecular weight is 226 g/mol. The van der Waals surface area contributed by atoms with Gasteiger partial charge in [0, 0.05) is 0 Å². The van der Waals surface area contributed by atoms with Gasteiger partial charge in [-0.3, -0.25) is 0 Å². The van der Waals surface area contributed by atoms with Crippen molar-refractivity contribution >= 4 is 0 Å². The van der Waals surface area contributed by atoms with Gasteiger partial charge in [0.15, 0.2) is 0 Å². The standard InChI is InChI=1S/C16H34/c1-9-15(7,10-2)14(13(5)6)16(8,11-3)12-4/h13-14H,9-12H2,1-8H3. The Kier molecular flexibility index (Phi) is 6.07. The van der Waals surface area contributed by atoms with E-state index >= 15 is 0 Å². The topological polar surface area (TPSA) is 0 Å². The van der Waals surface area contributed by atoms with Crippen molar-refractivity contribution in [2.24, 2.45) is 22.7 Å². The molecule has 0 atom stereocenters. The second kappa shape index (κ2) is 6.07. The number of hydrogen-bond donors (Lipinski definition) is 0. The van der Waals surface area contributed by atoms with Crippen LogP contribution in [0.25, 0.3) is 0 Å². The summed E-state index contributed by atoms with van der Waals surface area (Å²) in [6.45, 7) is 19.3. The summed E-state index contributed by atoms with van der Waals surface area (Å²) in [6, 6.07) is 0. The van der Waals surface area contributed by atoms with Gasteiger partial charge in [-0.15, -0.1) is 0 Å². The van der Waals surface area contributed by atoms with Crippen LogP contribution in [-0.2, 0) is 0 Å². The Hall–Kier alpha value is 0. The van der Waals surface area contributed by atoms with E-state index in [2.05, 4.69) is 55.4 Å². The maximum Gasteiger partial charge on any atom is -0.0283 e. The van der Waals surface area contributed by atoms with E-state index in [1.807, 2.05) is 0 Å². The third-order valence-corrected chi connectivity index (χ3v) is 5.40. The minimum atomic E-state index is 0.509. The lowest BCUT2D eigenvalue weighted by atomic mass is 9.55. The summed E-state index contributed by atoms with van der Waals surface area (Å²) < 4.78 is 0. The Morgan fingerprint density at radius 3 is 1.06 bits per heavy atom. The fourth-order valence-electron chi connectivity index (χ4n) is 3.83. The largest absolute Gasteiger partial charge is 0.0649 e. The van der Waals surface area contributed by atoms with Crippen molar-refractivity contribution in [2.75, 3.05) is 0 Å². The first-order chi connectivity index (χ1) is 7.31. The third kappa shape index (κ3) is 3.02. The quantitative estimate of drug-likeness (QED) is 0.506. The van der Waals surface area contributed by atoms with Gasteiger partial charge in [0.25, 0.3) is 0 Å². The lowest BCUT2D eigenvalue weighted by Crippen LogP contribution is -2.42. The van der Waals surface area contributed by atoms with E-state index in [0.717, 1.165) is 11.8 Å². The van der Waals surface area contributed by atoms with Crippen LogP contribution in [0, 0.1) is 22.7 Å². The second-order valence-electron chi connectivity index (χ2n) is 6.44. The van der Waals surface area contributed by atoms with Crippen LogP contribution in [0.15, 0.2) is 0 Å². The number of rotatable bonds is 7. The van der Waals surface area contributed by atoms with Crippen molar-refractivity contribution in [1.29, 1.82) is 0 Å². The van der Waals surface area contributed by atoms with Crippen molar-refractivity contribution in [3.8, 4) is 0 Å². The van der Waals surface area contributed by atoms with E-state index in [0.29, 0.717) is 10.8 Å². The fourth-order valence-corrected chi connectivity index (χ4v) is 3.83. The molecule has 0 radical (unpaired) electrons. The summed E-state index contributed by atoms with van der Waals surface area (Å²) >= 11 is 0. The highest BCUT2D eigenvalue weighted by molar-refractivity contribution is 4.92. The van der Waals surface area contributed by atoms with Gasteiger partial charge in [0.05, 0.1) is 0 Å². The third-order valence-electron chi connectivity index (χ3n) is 5.40. The van der Waals surface area contributed by atoms with Crippen molar-refractivity contribution in [2.45, 2.75) is 81.1 Å². The second-order valence-corrected chi connectivity index (χ2v) is 6.44. The van der Waals surface area contributed by atoms with Crippen molar-refractivity contribution < 1.29 is 0 Å². The SMILES string of the molecule is CCC(C)(CC)C(C(C)C)C(C)(CC)CC. The van der Waals surface area contributed by atoms with E-state index in [1.54, 1.807) is 0 Å². The van der Waals surface area contributed by atoms with E-state index in [-0.39, 0.29) is 0 Å². The molecular weight excluding hydrogens is 192 g/mol. The molecule has 0 heteroatoms. The van der Waals surface area contributed by atoms with E-state index < -0.39 is 0 Å². The van der Waals surface area contributed by atoms with Gasteiger partial charge >= 0.3 is 0 Å². The van der Waals surface area contributed by atoms with Crippen LogP contribution in [0.5, 0.6) is 0 Å². The first-order valence-corrected chi connectivity index (χ1v) is 7.31. The van der Waals surface area contributed by atoms with E-state index in [4.69, 9.17) is 0 Å². The zero-order valence-corrected chi connectivity index (χ0v) is 13.0. The Labute approximate surface area is 104 Å². The minimum absolute atomic E-state index is 0.509. The molecule has 0 bridgehead atoms. The summed E-state index contributed by atoms with van der Waals surface area (Å²) in [5, 5.41) is 0. The average Bonchev–Trinajstić information content (AvgIpc) is 2.28. The van der Waals surface area contributed by atoms with Gasteiger partial charge < -0.3 is 0 Å². The Morgan fingerprint density at radius 2 is 0.938 bits per heavy atom. The van der Waals surface area contributed by atoms with Crippen LogP contribution in [0.2, 0.25) is 0 Å². The lowest BCUT2D eigenvalue weighted by molar-refractivity contribution is -0.00445. The summed E-state index contributed by atoms with van der Waals surface area (Å²) in [5.74, 6) is 1.62. The van der Waals surface area contributed by atoms with Crippen LogP contribution in [0.4, 0.5) is 0 Å². The van der Waals surface area contributed by atoms with Crippen LogP contribution in [-0.4, -0.2) is 0 Å². The highest BCUT2D eigenvalue weighted by Gasteiger charge is 2.43. The molecule has 0 aliphatic heterocycles. The molecule has 98 valence electrons. The summed E-state index contributed by atoms with van der Waals surface area (Å²) in [5.41, 5.74) is 1.02. The summed E-state index contributed by atoms with van der Waals surface area (Å²) in [4.78, 5) is 0. The molecule has 0 rings (SSSR count). The van der Waals surface area contributed by atoms with Crippen molar-refractivity contribution in [3.63, 3.8) is 0 Å². The van der Waals surface area contributed by atoms with Crippen molar-refractivity contribution in [3.05, 3.63) is 0 Å². The summed E-state index contributed by atoms with van der Waals surface area (Å²) in [6.07, 6.45) is 5.23. The minimum Gasteiger partial charge on any atom is -0.0649 e. The molecule has 0 N–H and O–H groups in total. The molecule has 0 aliphatic carbocycles. The van der Waals surface area contributed by atoms with E-state index in [9.17, 15) is 0 Å². The predicted molar refractivity (Wildman–Crippen MR) is 75.7 cm³/mol. The van der Waals surface area contributed by atoms with Crippen LogP contribution in [0.1, 0.15) is 81.1 Å². The molecular formula is C16H34. The highest BCUT2D eigenvalue weighted by Crippen LogP contribution is 2.51. The first kappa shape index (κ1) is 16.0. The van der Waals surface area contributed by atoms with E-state index in [1.165, 1.54) is 25.7 Å². The number of hydrogen-bond acceptors (Lipinski definition) is 0. The molecule has 0 aromatic rings. The van der Waals surface area contributed by atoms with Gasteiger partial charge in [-0.25, -0.2) is 0 Å². The Morgan fingerprint density at radius 1 is 0.688 bits per heavy atom. The monoisotopic (exact) mass is 226 g/mol. The molecule has 0 spiro atoms. The molecule has 0 amide bonds. The molecule has 16 heavy (non-hydrogen) atoms. The Bertz CT molecular complexity index is 164. The molecule has 0 fully saturated rings. The van der Waals surface area contributed by atoms with Gasteiger partial charge in [0.2, 0.25) is 0 Å². The van der Waals surface area contributed by atoms with Gasteiger partial charge in [0.1, 0.15) is 0 Å². The van der Waals surface area contributed by atoms with Crippen LogP contribution < -0.4 is 0 Å². The fraction of sp³-hybridized carbons (Fsp3) is 1.00. The predicted octanol–water partition coefficient (Wildman–Crippen LogP) is 5.91. The van der Waals surface area contributed by atoms with Crippen LogP contribution >= 0.6 is 0 Å². The zero-order chi connectivity index (χ0) is 13.0. The molecule has 0 nitrogen and oxygen atoms in total. The molecule has 0 saturated heterocycles. The van der Waals surface area contributed by atoms with Gasteiger partial charge in [-0.05, 0) is 22.7 Å². The van der Waals surface area contributed by atoms with Crippen molar-refractivity contribution in [1.82, 2.24) is 0 Å². The molecule has 0 aliphatic rings. The maximum atomic E-state index is 2.50. The Balaban J connectivity index is 5.29. The molecule has 0 aromatic carbocycles. The molecule has 0 saturated carbocycles. The summed E-state index contributed by atoms with van der Waals surface area (Å²) in [7, 11) is 0. The molecule has 0 aromatic heterocycles. The first-order valence-electron chi connectivity index (χ1n) is 7.31. The zero-order valence-electron chi connectivity index (χ0n) is 13.0. The molecule has 0 heterocycles. The highest BCUT2D eigenvalue weighted by atomic mass is 14.5. The smallest absolute Gasteiger partial charge is 0.0283 e. The van der Waals surface area contributed by atoms with Gasteiger partial charge in [-0.1, -0.05) is 81.1 Å². The normalized spacial score (nSPS) is 13.9. The lowest BCUT2D eigenvalue weighted by Gasteiger charge is -2.50. The van der Waals surface area contributed by atoms with Gasteiger partial charge in [-0.2, -0.15) is 0 Å².